The molecule has 0 amide bonds. The van der Waals surface area contributed by atoms with Gasteiger partial charge >= 0.3 is 11.9 Å². The van der Waals surface area contributed by atoms with Gasteiger partial charge in [-0.15, -0.1) is 0 Å². The van der Waals surface area contributed by atoms with Gasteiger partial charge in [0, 0.05) is 0 Å². The van der Waals surface area contributed by atoms with Crippen LogP contribution in [0.5, 0.6) is 0 Å². The largest absolute Gasteiger partial charge is 0.478 e. The molecule has 1 aliphatic rings. The maximum absolute atomic E-state index is 11.3. The molecule has 0 aromatic carbocycles. The summed E-state index contributed by atoms with van der Waals surface area (Å²) in [4.78, 5) is 22.0. The molecular weight excluding hydrogens is 196 g/mol. The van der Waals surface area contributed by atoms with Gasteiger partial charge in [-0.05, 0) is 18.6 Å². The Morgan fingerprint density at radius 2 is 2.20 bits per heavy atom. The monoisotopic (exact) mass is 208 g/mol. The third kappa shape index (κ3) is 2.34. The van der Waals surface area contributed by atoms with Crippen LogP contribution in [0.2, 0.25) is 0 Å². The van der Waals surface area contributed by atoms with Gasteiger partial charge in [0.25, 0.3) is 0 Å². The first-order valence-corrected chi connectivity index (χ1v) is 4.47. The minimum absolute atomic E-state index is 0.170. The molecule has 1 aliphatic carbocycles. The molecule has 0 fully saturated rings. The average Bonchev–Trinajstić information content (AvgIpc) is 2.27. The van der Waals surface area contributed by atoms with Crippen molar-refractivity contribution in [2.45, 2.75) is 6.92 Å². The van der Waals surface area contributed by atoms with Crippen molar-refractivity contribution in [3.8, 4) is 0 Å². The Morgan fingerprint density at radius 1 is 1.53 bits per heavy atom. The lowest BCUT2D eigenvalue weighted by Crippen LogP contribution is -2.18. The third-order valence-electron chi connectivity index (χ3n) is 2.18. The SMILES string of the molecule is CC=C1C=C(C(=O)O)C=CC1C(=O)OC. The lowest BCUT2D eigenvalue weighted by Gasteiger charge is -2.15. The smallest absolute Gasteiger partial charge is 0.335 e. The number of carboxylic acids is 1. The van der Waals surface area contributed by atoms with E-state index in [9.17, 15) is 9.59 Å². The van der Waals surface area contributed by atoms with E-state index < -0.39 is 11.9 Å². The molecule has 4 heteroatoms. The van der Waals surface area contributed by atoms with Gasteiger partial charge in [-0.1, -0.05) is 18.2 Å². The summed E-state index contributed by atoms with van der Waals surface area (Å²) in [6.07, 6.45) is 6.12. The van der Waals surface area contributed by atoms with E-state index in [0.29, 0.717) is 5.57 Å². The van der Waals surface area contributed by atoms with Crippen LogP contribution in [0, 0.1) is 5.92 Å². The van der Waals surface area contributed by atoms with Crippen LogP contribution in [0.15, 0.2) is 35.5 Å². The summed E-state index contributed by atoms with van der Waals surface area (Å²) in [7, 11) is 1.31. The van der Waals surface area contributed by atoms with E-state index in [2.05, 4.69) is 4.74 Å². The molecule has 4 nitrogen and oxygen atoms in total. The fourth-order valence-corrected chi connectivity index (χ4v) is 1.37. The van der Waals surface area contributed by atoms with Crippen LogP contribution in [0.3, 0.4) is 0 Å². The number of rotatable bonds is 2. The van der Waals surface area contributed by atoms with Crippen molar-refractivity contribution < 1.29 is 19.4 Å². The number of carboxylic acid groups (broad SMARTS) is 1. The van der Waals surface area contributed by atoms with Crippen LogP contribution in [0.25, 0.3) is 0 Å². The zero-order chi connectivity index (χ0) is 11.4. The molecule has 0 spiro atoms. The molecule has 1 N–H and O–H groups in total. The normalized spacial score (nSPS) is 22.4. The van der Waals surface area contributed by atoms with Crippen molar-refractivity contribution in [2.75, 3.05) is 7.11 Å². The van der Waals surface area contributed by atoms with E-state index in [0.717, 1.165) is 0 Å². The highest BCUT2D eigenvalue weighted by molar-refractivity contribution is 5.92. The highest BCUT2D eigenvalue weighted by atomic mass is 16.5. The first-order valence-electron chi connectivity index (χ1n) is 4.47. The minimum atomic E-state index is -1.01. The maximum Gasteiger partial charge on any atom is 0.335 e. The molecule has 0 aromatic rings. The summed E-state index contributed by atoms with van der Waals surface area (Å²) in [6.45, 7) is 1.75. The van der Waals surface area contributed by atoms with E-state index in [-0.39, 0.29) is 11.5 Å². The summed E-state index contributed by atoms with van der Waals surface area (Å²) in [6, 6.07) is 0. The number of esters is 1. The minimum Gasteiger partial charge on any atom is -0.478 e. The van der Waals surface area contributed by atoms with E-state index in [1.54, 1.807) is 13.0 Å². The Bertz CT molecular complexity index is 374. The topological polar surface area (TPSA) is 63.6 Å². The van der Waals surface area contributed by atoms with Gasteiger partial charge in [-0.3, -0.25) is 4.79 Å². The lowest BCUT2D eigenvalue weighted by molar-refractivity contribution is -0.142. The highest BCUT2D eigenvalue weighted by Gasteiger charge is 2.23. The van der Waals surface area contributed by atoms with Crippen molar-refractivity contribution in [3.05, 3.63) is 35.5 Å². The molecule has 0 saturated carbocycles. The number of hydrogen-bond acceptors (Lipinski definition) is 3. The molecule has 80 valence electrons. The Kier molecular flexibility index (Phi) is 3.44. The van der Waals surface area contributed by atoms with Crippen LogP contribution in [0.1, 0.15) is 6.92 Å². The van der Waals surface area contributed by atoms with Gasteiger partial charge < -0.3 is 9.84 Å². The third-order valence-corrected chi connectivity index (χ3v) is 2.18. The van der Waals surface area contributed by atoms with Crippen LogP contribution >= 0.6 is 0 Å². The number of hydrogen-bond donors (Lipinski definition) is 1. The van der Waals surface area contributed by atoms with E-state index in [1.807, 2.05) is 0 Å². The maximum atomic E-state index is 11.3. The number of carbonyl (C=O) groups is 2. The van der Waals surface area contributed by atoms with Crippen molar-refractivity contribution in [2.24, 2.45) is 5.92 Å². The number of methoxy groups -OCH3 is 1. The van der Waals surface area contributed by atoms with Crippen molar-refractivity contribution >= 4 is 11.9 Å². The number of ether oxygens (including phenoxy) is 1. The number of aliphatic carboxylic acids is 1. The van der Waals surface area contributed by atoms with Gasteiger partial charge in [0.2, 0.25) is 0 Å². The highest BCUT2D eigenvalue weighted by Crippen LogP contribution is 2.23. The molecule has 0 radical (unpaired) electrons. The number of allylic oxidation sites excluding steroid dienone is 2. The van der Waals surface area contributed by atoms with Gasteiger partial charge in [0.05, 0.1) is 18.6 Å². The first kappa shape index (κ1) is 11.2. The summed E-state index contributed by atoms with van der Waals surface area (Å²) in [5.74, 6) is -1.89. The molecule has 0 aromatic heterocycles. The van der Waals surface area contributed by atoms with E-state index >= 15 is 0 Å². The molecule has 0 heterocycles. The molecular formula is C11H12O4. The van der Waals surface area contributed by atoms with E-state index in [4.69, 9.17) is 5.11 Å². The second kappa shape index (κ2) is 4.59. The molecule has 1 atom stereocenters. The van der Waals surface area contributed by atoms with Crippen molar-refractivity contribution in [1.29, 1.82) is 0 Å². The van der Waals surface area contributed by atoms with Crippen LogP contribution < -0.4 is 0 Å². The predicted molar refractivity (Wildman–Crippen MR) is 54.1 cm³/mol. The van der Waals surface area contributed by atoms with Crippen molar-refractivity contribution in [1.82, 2.24) is 0 Å². The molecule has 15 heavy (non-hydrogen) atoms. The van der Waals surface area contributed by atoms with Gasteiger partial charge in [-0.2, -0.15) is 0 Å². The van der Waals surface area contributed by atoms with Gasteiger partial charge in [0.15, 0.2) is 0 Å². The summed E-state index contributed by atoms with van der Waals surface area (Å²) < 4.78 is 4.61. The number of carbonyl (C=O) groups excluding carboxylic acids is 1. The zero-order valence-corrected chi connectivity index (χ0v) is 8.56. The predicted octanol–water partition coefficient (Wildman–Crippen LogP) is 1.30. The summed E-state index contributed by atoms with van der Waals surface area (Å²) in [5, 5.41) is 8.77. The summed E-state index contributed by atoms with van der Waals surface area (Å²) in [5.41, 5.74) is 0.810. The second-order valence-electron chi connectivity index (χ2n) is 3.05. The Morgan fingerprint density at radius 3 is 2.67 bits per heavy atom. The Labute approximate surface area is 87.5 Å². The fraction of sp³-hybridized carbons (Fsp3) is 0.273. The van der Waals surface area contributed by atoms with Gasteiger partial charge in [-0.25, -0.2) is 4.79 Å². The average molecular weight is 208 g/mol. The quantitative estimate of drug-likeness (QED) is 0.695. The standard InChI is InChI=1S/C11H12O4/c1-3-7-6-8(10(12)13)4-5-9(7)11(14)15-2/h3-6,9H,1-2H3,(H,12,13). The van der Waals surface area contributed by atoms with Crippen LogP contribution in [0.4, 0.5) is 0 Å². The first-order chi connectivity index (χ1) is 7.10. The second-order valence-corrected chi connectivity index (χ2v) is 3.05. The molecule has 0 aliphatic heterocycles. The van der Waals surface area contributed by atoms with Gasteiger partial charge in [0.1, 0.15) is 0 Å². The molecule has 0 bridgehead atoms. The van der Waals surface area contributed by atoms with E-state index in [1.165, 1.54) is 25.3 Å². The Balaban J connectivity index is 2.99. The lowest BCUT2D eigenvalue weighted by atomic mass is 9.91. The fourth-order valence-electron chi connectivity index (χ4n) is 1.37. The Hall–Kier alpha value is -1.84. The van der Waals surface area contributed by atoms with Crippen molar-refractivity contribution in [3.63, 3.8) is 0 Å². The van der Waals surface area contributed by atoms with Crippen LogP contribution in [-0.4, -0.2) is 24.2 Å². The molecule has 1 unspecified atom stereocenters. The zero-order valence-electron chi connectivity index (χ0n) is 8.56. The molecule has 1 rings (SSSR count). The summed E-state index contributed by atoms with van der Waals surface area (Å²) >= 11 is 0. The van der Waals surface area contributed by atoms with Crippen LogP contribution in [-0.2, 0) is 14.3 Å². The molecule has 0 saturated heterocycles.